The molecular weight excluding hydrogens is 260 g/mol. The number of rotatable bonds is 6. The van der Waals surface area contributed by atoms with Gasteiger partial charge in [0.1, 0.15) is 22.4 Å². The molecule has 0 spiro atoms. The highest BCUT2D eigenvalue weighted by Gasteiger charge is 2.13. The van der Waals surface area contributed by atoms with Crippen molar-refractivity contribution in [1.82, 2.24) is 9.97 Å². The lowest BCUT2D eigenvalue weighted by atomic mass is 10.2. The van der Waals surface area contributed by atoms with Gasteiger partial charge in [-0.2, -0.15) is 0 Å². The van der Waals surface area contributed by atoms with Crippen LogP contribution >= 0.6 is 0 Å². The van der Waals surface area contributed by atoms with E-state index >= 15 is 0 Å². The Bertz CT molecular complexity index is 702. The molecule has 0 radical (unpaired) electrons. The quantitative estimate of drug-likeness (QED) is 0.843. The van der Waals surface area contributed by atoms with Crippen molar-refractivity contribution in [3.8, 4) is 11.5 Å². The van der Waals surface area contributed by atoms with E-state index in [1.165, 1.54) is 0 Å². The molecular formula is C14H18N2O4. The fourth-order valence-corrected chi connectivity index (χ4v) is 1.89. The van der Waals surface area contributed by atoms with E-state index in [9.17, 15) is 9.59 Å². The third-order valence-corrected chi connectivity index (χ3v) is 2.74. The van der Waals surface area contributed by atoms with Gasteiger partial charge in [0, 0.05) is 0 Å². The highest BCUT2D eigenvalue weighted by atomic mass is 16.5. The predicted molar refractivity (Wildman–Crippen MR) is 76.8 cm³/mol. The van der Waals surface area contributed by atoms with Crippen LogP contribution in [-0.4, -0.2) is 23.2 Å². The van der Waals surface area contributed by atoms with Crippen molar-refractivity contribution < 1.29 is 9.47 Å². The Balaban J connectivity index is 2.62. The van der Waals surface area contributed by atoms with Gasteiger partial charge in [-0.1, -0.05) is 13.8 Å². The fraction of sp³-hybridized carbons (Fsp3) is 0.429. The molecule has 1 heterocycles. The molecule has 2 N–H and O–H groups in total. The van der Waals surface area contributed by atoms with Crippen LogP contribution in [0.1, 0.15) is 26.7 Å². The summed E-state index contributed by atoms with van der Waals surface area (Å²) in [6, 6.07) is 3.40. The molecule has 0 aliphatic carbocycles. The highest BCUT2D eigenvalue weighted by Crippen LogP contribution is 2.28. The second-order valence-corrected chi connectivity index (χ2v) is 4.42. The van der Waals surface area contributed by atoms with Crippen molar-refractivity contribution in [2.24, 2.45) is 0 Å². The van der Waals surface area contributed by atoms with E-state index in [4.69, 9.17) is 9.47 Å². The summed E-state index contributed by atoms with van der Waals surface area (Å²) < 4.78 is 11.1. The molecule has 0 saturated carbocycles. The van der Waals surface area contributed by atoms with E-state index in [0.717, 1.165) is 12.8 Å². The zero-order valence-electron chi connectivity index (χ0n) is 11.6. The van der Waals surface area contributed by atoms with Crippen molar-refractivity contribution in [1.29, 1.82) is 0 Å². The van der Waals surface area contributed by atoms with Gasteiger partial charge < -0.3 is 14.5 Å². The van der Waals surface area contributed by atoms with Gasteiger partial charge in [0.15, 0.2) is 0 Å². The Kier molecular flexibility index (Phi) is 4.45. The molecule has 108 valence electrons. The first-order valence-corrected chi connectivity index (χ1v) is 6.72. The molecule has 0 bridgehead atoms. The first-order chi connectivity index (χ1) is 9.67. The van der Waals surface area contributed by atoms with E-state index in [1.54, 1.807) is 12.1 Å². The molecule has 1 aromatic heterocycles. The number of aromatic nitrogens is 2. The van der Waals surface area contributed by atoms with Gasteiger partial charge in [-0.25, -0.2) is 4.79 Å². The Labute approximate surface area is 115 Å². The summed E-state index contributed by atoms with van der Waals surface area (Å²) in [5.41, 5.74) is -0.658. The van der Waals surface area contributed by atoms with Crippen molar-refractivity contribution in [3.05, 3.63) is 33.0 Å². The minimum Gasteiger partial charge on any atom is -0.493 e. The summed E-state index contributed by atoms with van der Waals surface area (Å²) in [7, 11) is 0. The van der Waals surface area contributed by atoms with Crippen molar-refractivity contribution in [2.75, 3.05) is 13.2 Å². The van der Waals surface area contributed by atoms with Crippen LogP contribution in [0, 0.1) is 0 Å². The molecule has 2 rings (SSSR count). The third-order valence-electron chi connectivity index (χ3n) is 2.74. The standard InChI is InChI=1S/C14H18N2O4/c1-3-7-19-9-5-6-10(20-8-4-2)12-11(9)13(17)16-14(18)15-12/h5-6H,3-4,7-8H2,1-2H3,(H2,15,16,17,18). The average Bonchev–Trinajstić information content (AvgIpc) is 2.43. The summed E-state index contributed by atoms with van der Waals surface area (Å²) in [6.07, 6.45) is 1.67. The van der Waals surface area contributed by atoms with Gasteiger partial charge >= 0.3 is 5.69 Å². The van der Waals surface area contributed by atoms with Crippen LogP contribution in [-0.2, 0) is 0 Å². The van der Waals surface area contributed by atoms with Crippen LogP contribution < -0.4 is 20.7 Å². The largest absolute Gasteiger partial charge is 0.493 e. The highest BCUT2D eigenvalue weighted by molar-refractivity contribution is 5.89. The van der Waals surface area contributed by atoms with Crippen LogP contribution in [0.2, 0.25) is 0 Å². The van der Waals surface area contributed by atoms with Gasteiger partial charge in [0.2, 0.25) is 0 Å². The van der Waals surface area contributed by atoms with Crippen LogP contribution in [0.15, 0.2) is 21.7 Å². The zero-order chi connectivity index (χ0) is 14.5. The van der Waals surface area contributed by atoms with E-state index in [1.807, 2.05) is 13.8 Å². The van der Waals surface area contributed by atoms with Gasteiger partial charge in [-0.05, 0) is 25.0 Å². The van der Waals surface area contributed by atoms with Crippen LogP contribution in [0.3, 0.4) is 0 Å². The van der Waals surface area contributed by atoms with E-state index in [2.05, 4.69) is 9.97 Å². The topological polar surface area (TPSA) is 84.2 Å². The number of H-pyrrole nitrogens is 2. The van der Waals surface area contributed by atoms with Crippen molar-refractivity contribution in [3.63, 3.8) is 0 Å². The summed E-state index contributed by atoms with van der Waals surface area (Å²) >= 11 is 0. The number of hydrogen-bond acceptors (Lipinski definition) is 4. The lowest BCUT2D eigenvalue weighted by molar-refractivity contribution is 0.313. The zero-order valence-corrected chi connectivity index (χ0v) is 11.6. The summed E-state index contributed by atoms with van der Waals surface area (Å²) in [4.78, 5) is 28.3. The minimum atomic E-state index is -0.559. The van der Waals surface area contributed by atoms with Crippen molar-refractivity contribution >= 4 is 10.9 Å². The lowest BCUT2D eigenvalue weighted by Gasteiger charge is -2.11. The molecule has 6 heteroatoms. The third kappa shape index (κ3) is 2.84. The molecule has 0 unspecified atom stereocenters. The minimum absolute atomic E-state index is 0.312. The molecule has 2 aromatic rings. The first-order valence-electron chi connectivity index (χ1n) is 6.72. The second kappa shape index (κ2) is 6.27. The van der Waals surface area contributed by atoms with Crippen LogP contribution in [0.25, 0.3) is 10.9 Å². The first kappa shape index (κ1) is 14.2. The summed E-state index contributed by atoms with van der Waals surface area (Å²) in [5, 5.41) is 0.312. The lowest BCUT2D eigenvalue weighted by Crippen LogP contribution is -2.23. The monoisotopic (exact) mass is 278 g/mol. The average molecular weight is 278 g/mol. The molecule has 0 atom stereocenters. The van der Waals surface area contributed by atoms with E-state index in [-0.39, 0.29) is 0 Å². The van der Waals surface area contributed by atoms with Crippen LogP contribution in [0.5, 0.6) is 11.5 Å². The number of hydrogen-bond donors (Lipinski definition) is 2. The van der Waals surface area contributed by atoms with Crippen LogP contribution in [0.4, 0.5) is 0 Å². The maximum absolute atomic E-state index is 12.0. The van der Waals surface area contributed by atoms with Gasteiger partial charge in [-0.15, -0.1) is 0 Å². The number of aromatic amines is 2. The number of benzene rings is 1. The second-order valence-electron chi connectivity index (χ2n) is 4.42. The van der Waals surface area contributed by atoms with E-state index in [0.29, 0.717) is 35.6 Å². The molecule has 1 aromatic carbocycles. The maximum Gasteiger partial charge on any atom is 0.326 e. The molecule has 0 fully saturated rings. The summed E-state index contributed by atoms with van der Waals surface area (Å²) in [5.74, 6) is 0.928. The SMILES string of the molecule is CCCOc1ccc(OCCC)c2c(=O)[nH]c(=O)[nH]c12. The van der Waals surface area contributed by atoms with Gasteiger partial charge in [0.25, 0.3) is 5.56 Å². The summed E-state index contributed by atoms with van der Waals surface area (Å²) in [6.45, 7) is 4.98. The molecule has 0 saturated heterocycles. The predicted octanol–water partition coefficient (Wildman–Crippen LogP) is 1.79. The fourth-order valence-electron chi connectivity index (χ4n) is 1.89. The number of nitrogens with one attached hydrogen (secondary N) is 2. The number of ether oxygens (including phenoxy) is 2. The van der Waals surface area contributed by atoms with E-state index < -0.39 is 11.2 Å². The van der Waals surface area contributed by atoms with Gasteiger partial charge in [0.05, 0.1) is 13.2 Å². The molecule has 20 heavy (non-hydrogen) atoms. The Hall–Kier alpha value is -2.24. The molecule has 0 aliphatic rings. The Morgan fingerprint density at radius 3 is 2.20 bits per heavy atom. The maximum atomic E-state index is 12.0. The molecule has 0 aliphatic heterocycles. The number of fused-ring (bicyclic) bond motifs is 1. The normalized spacial score (nSPS) is 10.7. The van der Waals surface area contributed by atoms with Gasteiger partial charge in [-0.3, -0.25) is 9.78 Å². The Morgan fingerprint density at radius 1 is 0.950 bits per heavy atom. The van der Waals surface area contributed by atoms with Crippen molar-refractivity contribution in [2.45, 2.75) is 26.7 Å². The molecule has 6 nitrogen and oxygen atoms in total. The Morgan fingerprint density at radius 2 is 1.55 bits per heavy atom. The smallest absolute Gasteiger partial charge is 0.326 e. The molecule has 0 amide bonds.